The molecule has 2 atom stereocenters. The van der Waals surface area contributed by atoms with Crippen LogP contribution in [0.4, 0.5) is 0 Å². The second-order valence-electron chi connectivity index (χ2n) is 3.40. The van der Waals surface area contributed by atoms with E-state index in [0.29, 0.717) is 18.6 Å². The van der Waals surface area contributed by atoms with Gasteiger partial charge in [0.05, 0.1) is 6.04 Å². The predicted molar refractivity (Wildman–Crippen MR) is 57.3 cm³/mol. The van der Waals surface area contributed by atoms with Gasteiger partial charge in [-0.05, 0) is 19.4 Å². The van der Waals surface area contributed by atoms with Gasteiger partial charge in [0.15, 0.2) is 0 Å². The molecule has 0 saturated heterocycles. The Hall–Kier alpha value is -1.16. The molecule has 1 aliphatic heterocycles. The molecule has 0 radical (unpaired) electrons. The summed E-state index contributed by atoms with van der Waals surface area (Å²) in [5.41, 5.74) is 0.492. The van der Waals surface area contributed by atoms with Crippen LogP contribution in [-0.4, -0.2) is 29.1 Å². The number of carboxylic acids is 1. The molecule has 15 heavy (non-hydrogen) atoms. The molecule has 0 amide bonds. The summed E-state index contributed by atoms with van der Waals surface area (Å²) in [6.07, 6.45) is 3.40. The molecule has 0 aliphatic carbocycles. The fourth-order valence-electron chi connectivity index (χ4n) is 1.54. The van der Waals surface area contributed by atoms with Crippen LogP contribution in [0.2, 0.25) is 0 Å². The average Bonchev–Trinajstić information content (AvgIpc) is 2.12. The summed E-state index contributed by atoms with van der Waals surface area (Å²) in [5, 5.41) is 9.16. The SMILES string of the molecule is CC1=NC(CCC=O)C=C(Cl)C1C(=O)O. The van der Waals surface area contributed by atoms with Crippen molar-refractivity contribution >= 4 is 29.6 Å². The van der Waals surface area contributed by atoms with Crippen LogP contribution in [-0.2, 0) is 9.59 Å². The van der Waals surface area contributed by atoms with Crippen LogP contribution in [0.15, 0.2) is 16.1 Å². The maximum Gasteiger partial charge on any atom is 0.317 e. The summed E-state index contributed by atoms with van der Waals surface area (Å²) < 4.78 is 0. The molecule has 1 aliphatic rings. The Bertz CT molecular complexity index is 316. The van der Waals surface area contributed by atoms with Gasteiger partial charge in [-0.15, -0.1) is 0 Å². The van der Waals surface area contributed by atoms with Crippen LogP contribution < -0.4 is 0 Å². The zero-order chi connectivity index (χ0) is 11.4. The number of hydrogen-bond acceptors (Lipinski definition) is 3. The van der Waals surface area contributed by atoms with Crippen molar-refractivity contribution in [2.24, 2.45) is 10.9 Å². The molecule has 1 N–H and O–H groups in total. The van der Waals surface area contributed by atoms with Crippen molar-refractivity contribution in [3.8, 4) is 0 Å². The third kappa shape index (κ3) is 2.89. The molecule has 4 nitrogen and oxygen atoms in total. The maximum absolute atomic E-state index is 10.8. The Labute approximate surface area is 92.6 Å². The lowest BCUT2D eigenvalue weighted by Gasteiger charge is -2.20. The van der Waals surface area contributed by atoms with Crippen molar-refractivity contribution in [3.63, 3.8) is 0 Å². The number of hydrogen-bond donors (Lipinski definition) is 1. The number of aliphatic carboxylic acids is 1. The topological polar surface area (TPSA) is 66.7 Å². The Balaban J connectivity index is 2.78. The molecular formula is C10H12ClNO3. The molecule has 1 heterocycles. The lowest BCUT2D eigenvalue weighted by molar-refractivity contribution is -0.138. The molecule has 5 heteroatoms. The zero-order valence-corrected chi connectivity index (χ0v) is 9.07. The number of rotatable bonds is 4. The standard InChI is InChI=1S/C10H12ClNO3/c1-6-9(10(14)15)8(11)5-7(12-6)3-2-4-13/h4-5,7,9H,2-3H2,1H3,(H,14,15). The summed E-state index contributed by atoms with van der Waals surface area (Å²) in [6, 6.07) is -0.168. The zero-order valence-electron chi connectivity index (χ0n) is 8.31. The minimum atomic E-state index is -0.994. The highest BCUT2D eigenvalue weighted by Gasteiger charge is 2.28. The molecule has 0 aromatic heterocycles. The van der Waals surface area contributed by atoms with E-state index >= 15 is 0 Å². The molecule has 0 spiro atoms. The number of aldehydes is 1. The first-order chi connectivity index (χ1) is 7.06. The van der Waals surface area contributed by atoms with Gasteiger partial charge in [-0.25, -0.2) is 0 Å². The fraction of sp³-hybridized carbons (Fsp3) is 0.500. The second-order valence-corrected chi connectivity index (χ2v) is 3.84. The highest BCUT2D eigenvalue weighted by Crippen LogP contribution is 2.25. The van der Waals surface area contributed by atoms with Crippen LogP contribution in [0.1, 0.15) is 19.8 Å². The van der Waals surface area contributed by atoms with E-state index in [4.69, 9.17) is 16.7 Å². The van der Waals surface area contributed by atoms with Crippen molar-refractivity contribution in [1.82, 2.24) is 0 Å². The number of aliphatic imine (C=N–C) groups is 1. The molecule has 0 aromatic rings. The molecule has 1 rings (SSSR count). The minimum Gasteiger partial charge on any atom is -0.480 e. The summed E-state index contributed by atoms with van der Waals surface area (Å²) in [4.78, 5) is 25.2. The third-order valence-electron chi connectivity index (χ3n) is 2.24. The van der Waals surface area contributed by atoms with Gasteiger partial charge in [-0.1, -0.05) is 11.6 Å². The van der Waals surface area contributed by atoms with Gasteiger partial charge in [0, 0.05) is 17.2 Å². The van der Waals surface area contributed by atoms with Crippen LogP contribution in [0, 0.1) is 5.92 Å². The number of dihydropyridines is 1. The molecule has 2 unspecified atom stereocenters. The van der Waals surface area contributed by atoms with Crippen molar-refractivity contribution in [1.29, 1.82) is 0 Å². The second kappa shape index (κ2) is 5.07. The first kappa shape index (κ1) is 11.9. The normalized spacial score (nSPS) is 25.5. The lowest BCUT2D eigenvalue weighted by atomic mass is 9.97. The van der Waals surface area contributed by atoms with E-state index in [9.17, 15) is 9.59 Å². The monoisotopic (exact) mass is 229 g/mol. The smallest absolute Gasteiger partial charge is 0.317 e. The van der Waals surface area contributed by atoms with Gasteiger partial charge in [-0.2, -0.15) is 0 Å². The Morgan fingerprint density at radius 1 is 1.73 bits per heavy atom. The quantitative estimate of drug-likeness (QED) is 0.745. The van der Waals surface area contributed by atoms with Gasteiger partial charge >= 0.3 is 5.97 Å². The first-order valence-corrected chi connectivity index (χ1v) is 5.02. The first-order valence-electron chi connectivity index (χ1n) is 4.64. The van der Waals surface area contributed by atoms with Crippen LogP contribution in [0.25, 0.3) is 0 Å². The highest BCUT2D eigenvalue weighted by molar-refractivity contribution is 6.34. The lowest BCUT2D eigenvalue weighted by Crippen LogP contribution is -2.27. The van der Waals surface area contributed by atoms with Crippen LogP contribution in [0.3, 0.4) is 0 Å². The summed E-state index contributed by atoms with van der Waals surface area (Å²) >= 11 is 5.86. The van der Waals surface area contributed by atoms with Gasteiger partial charge < -0.3 is 9.90 Å². The molecule has 0 fully saturated rings. The van der Waals surface area contributed by atoms with Gasteiger partial charge in [0.1, 0.15) is 12.2 Å². The van der Waals surface area contributed by atoms with Crippen LogP contribution in [0.5, 0.6) is 0 Å². The van der Waals surface area contributed by atoms with Crippen molar-refractivity contribution < 1.29 is 14.7 Å². The number of carbonyl (C=O) groups is 2. The third-order valence-corrected chi connectivity index (χ3v) is 2.59. The Morgan fingerprint density at radius 3 is 2.87 bits per heavy atom. The van der Waals surface area contributed by atoms with E-state index in [1.165, 1.54) is 0 Å². The minimum absolute atomic E-state index is 0.168. The molecule has 0 bridgehead atoms. The predicted octanol–water partition coefficient (Wildman–Crippen LogP) is 1.63. The number of nitrogens with zero attached hydrogens (tertiary/aromatic N) is 1. The summed E-state index contributed by atoms with van der Waals surface area (Å²) in [6.45, 7) is 1.64. The average molecular weight is 230 g/mol. The number of carboxylic acid groups (broad SMARTS) is 1. The van der Waals surface area contributed by atoms with Gasteiger partial charge in [-0.3, -0.25) is 9.79 Å². The fourth-order valence-corrected chi connectivity index (χ4v) is 1.93. The van der Waals surface area contributed by atoms with E-state index in [1.807, 2.05) is 0 Å². The number of halogens is 1. The molecule has 0 saturated carbocycles. The Morgan fingerprint density at radius 2 is 2.40 bits per heavy atom. The summed E-state index contributed by atoms with van der Waals surface area (Å²) in [5.74, 6) is -1.81. The van der Waals surface area contributed by atoms with E-state index < -0.39 is 11.9 Å². The van der Waals surface area contributed by atoms with E-state index in [0.717, 1.165) is 6.29 Å². The highest BCUT2D eigenvalue weighted by atomic mass is 35.5. The van der Waals surface area contributed by atoms with Gasteiger partial charge in [0.2, 0.25) is 0 Å². The number of carbonyl (C=O) groups excluding carboxylic acids is 1. The van der Waals surface area contributed by atoms with E-state index in [2.05, 4.69) is 4.99 Å². The molecular weight excluding hydrogens is 218 g/mol. The van der Waals surface area contributed by atoms with Crippen molar-refractivity contribution in [3.05, 3.63) is 11.1 Å². The van der Waals surface area contributed by atoms with E-state index in [-0.39, 0.29) is 11.1 Å². The summed E-state index contributed by atoms with van der Waals surface area (Å²) in [7, 11) is 0. The van der Waals surface area contributed by atoms with Crippen molar-refractivity contribution in [2.45, 2.75) is 25.8 Å². The largest absolute Gasteiger partial charge is 0.480 e. The van der Waals surface area contributed by atoms with Crippen LogP contribution >= 0.6 is 11.6 Å². The van der Waals surface area contributed by atoms with Crippen molar-refractivity contribution in [2.75, 3.05) is 0 Å². The molecule has 0 aromatic carbocycles. The molecule has 82 valence electrons. The van der Waals surface area contributed by atoms with Gasteiger partial charge in [0.25, 0.3) is 0 Å². The van der Waals surface area contributed by atoms with E-state index in [1.54, 1.807) is 13.0 Å². The maximum atomic E-state index is 10.8. The Kier molecular flexibility index (Phi) is 4.03.